The molecule has 1 aromatic rings. The summed E-state index contributed by atoms with van der Waals surface area (Å²) in [4.78, 5) is 4.27. The topological polar surface area (TPSA) is 54.8 Å². The van der Waals surface area contributed by atoms with Gasteiger partial charge in [0, 0.05) is 19.1 Å². The Balaban J connectivity index is 1.54. The van der Waals surface area contributed by atoms with Crippen LogP contribution < -0.4 is 10.6 Å². The molecule has 1 aromatic heterocycles. The lowest BCUT2D eigenvalue weighted by Crippen LogP contribution is -2.41. The highest BCUT2D eigenvalue weighted by atomic mass is 15.3. The summed E-state index contributed by atoms with van der Waals surface area (Å²) in [5, 5.41) is 11.6. The number of aromatic nitrogens is 3. The molecule has 0 amide bonds. The molecule has 2 aliphatic rings. The maximum atomic E-state index is 4.32. The molecular formula is C13H23N5. The van der Waals surface area contributed by atoms with Crippen molar-refractivity contribution in [3.63, 3.8) is 0 Å². The Morgan fingerprint density at radius 3 is 3.06 bits per heavy atom. The molecule has 100 valence electrons. The van der Waals surface area contributed by atoms with Gasteiger partial charge < -0.3 is 10.6 Å². The second-order valence-corrected chi connectivity index (χ2v) is 5.62. The molecule has 0 bridgehead atoms. The largest absolute Gasteiger partial charge is 0.314 e. The minimum atomic E-state index is 0.643. The summed E-state index contributed by atoms with van der Waals surface area (Å²) >= 11 is 0. The fraction of sp³-hybridized carbons (Fsp3) is 0.846. The Kier molecular flexibility index (Phi) is 3.61. The first-order valence-corrected chi connectivity index (χ1v) is 7.14. The van der Waals surface area contributed by atoms with Crippen LogP contribution in [0.4, 0.5) is 0 Å². The molecule has 0 aromatic carbocycles. The second kappa shape index (κ2) is 5.36. The van der Waals surface area contributed by atoms with Crippen LogP contribution in [0, 0.1) is 5.92 Å². The Morgan fingerprint density at radius 2 is 2.33 bits per heavy atom. The molecule has 1 aliphatic heterocycles. The van der Waals surface area contributed by atoms with Gasteiger partial charge in [0.2, 0.25) is 0 Å². The predicted molar refractivity (Wildman–Crippen MR) is 70.0 cm³/mol. The van der Waals surface area contributed by atoms with Gasteiger partial charge in [0.15, 0.2) is 5.82 Å². The van der Waals surface area contributed by atoms with Crippen LogP contribution in [0.3, 0.4) is 0 Å². The summed E-state index contributed by atoms with van der Waals surface area (Å²) in [5.41, 5.74) is 0. The number of rotatable bonds is 4. The molecule has 3 rings (SSSR count). The smallest absolute Gasteiger partial charge is 0.164 e. The van der Waals surface area contributed by atoms with Crippen molar-refractivity contribution in [1.29, 1.82) is 0 Å². The molecule has 5 nitrogen and oxygen atoms in total. The van der Waals surface area contributed by atoms with Crippen LogP contribution in [0.5, 0.6) is 0 Å². The summed E-state index contributed by atoms with van der Waals surface area (Å²) in [6.07, 6.45) is 8.48. The normalized spacial score (nSPS) is 32.2. The standard InChI is InChI=1S/C13H23N5/c1-18-9-16-13(17-18)8-15-12-5-2-4-10(12)11-6-3-7-14-11/h9-12,14-15H,2-8H2,1H3. The molecule has 0 spiro atoms. The van der Waals surface area contributed by atoms with E-state index in [4.69, 9.17) is 0 Å². The van der Waals surface area contributed by atoms with E-state index in [1.807, 2.05) is 7.05 Å². The fourth-order valence-electron chi connectivity index (χ4n) is 3.49. The minimum Gasteiger partial charge on any atom is -0.314 e. The number of hydrogen-bond acceptors (Lipinski definition) is 4. The van der Waals surface area contributed by atoms with Gasteiger partial charge in [-0.15, -0.1) is 0 Å². The highest BCUT2D eigenvalue weighted by Gasteiger charge is 2.34. The number of aryl methyl sites for hydroxylation is 1. The third kappa shape index (κ3) is 2.57. The van der Waals surface area contributed by atoms with Gasteiger partial charge in [-0.2, -0.15) is 5.10 Å². The Hall–Kier alpha value is -0.940. The third-order valence-corrected chi connectivity index (χ3v) is 4.35. The molecule has 1 saturated heterocycles. The molecule has 2 N–H and O–H groups in total. The van der Waals surface area contributed by atoms with E-state index in [1.165, 1.54) is 38.6 Å². The monoisotopic (exact) mass is 249 g/mol. The van der Waals surface area contributed by atoms with Gasteiger partial charge in [-0.05, 0) is 38.1 Å². The van der Waals surface area contributed by atoms with Gasteiger partial charge in [-0.1, -0.05) is 6.42 Å². The quantitative estimate of drug-likeness (QED) is 0.830. The zero-order valence-electron chi connectivity index (χ0n) is 11.1. The lowest BCUT2D eigenvalue weighted by molar-refractivity contribution is 0.318. The van der Waals surface area contributed by atoms with Crippen LogP contribution in [-0.2, 0) is 13.6 Å². The van der Waals surface area contributed by atoms with Crippen molar-refractivity contribution in [3.05, 3.63) is 12.2 Å². The molecule has 3 unspecified atom stereocenters. The van der Waals surface area contributed by atoms with Crippen LogP contribution >= 0.6 is 0 Å². The molecule has 5 heteroatoms. The third-order valence-electron chi connectivity index (χ3n) is 4.35. The van der Waals surface area contributed by atoms with Gasteiger partial charge >= 0.3 is 0 Å². The van der Waals surface area contributed by atoms with E-state index in [9.17, 15) is 0 Å². The predicted octanol–water partition coefficient (Wildman–Crippen LogP) is 0.825. The molecule has 3 atom stereocenters. The van der Waals surface area contributed by atoms with Crippen LogP contribution in [0.1, 0.15) is 37.9 Å². The first-order valence-electron chi connectivity index (χ1n) is 7.14. The first kappa shape index (κ1) is 12.1. The molecule has 2 heterocycles. The van der Waals surface area contributed by atoms with Crippen LogP contribution in [0.25, 0.3) is 0 Å². The maximum Gasteiger partial charge on any atom is 0.164 e. The number of nitrogens with zero attached hydrogens (tertiary/aromatic N) is 3. The number of nitrogens with one attached hydrogen (secondary N) is 2. The lowest BCUT2D eigenvalue weighted by Gasteiger charge is -2.26. The zero-order chi connectivity index (χ0) is 12.4. The lowest BCUT2D eigenvalue weighted by atomic mass is 9.93. The highest BCUT2D eigenvalue weighted by Crippen LogP contribution is 2.31. The minimum absolute atomic E-state index is 0.643. The van der Waals surface area contributed by atoms with Crippen LogP contribution in [0.15, 0.2) is 6.33 Å². The van der Waals surface area contributed by atoms with Crippen molar-refractivity contribution in [3.8, 4) is 0 Å². The Bertz CT molecular complexity index is 382. The van der Waals surface area contributed by atoms with Crippen molar-refractivity contribution >= 4 is 0 Å². The molecule has 1 aliphatic carbocycles. The van der Waals surface area contributed by atoms with Gasteiger partial charge in [-0.3, -0.25) is 4.68 Å². The summed E-state index contributed by atoms with van der Waals surface area (Å²) in [6.45, 7) is 2.00. The molecule has 0 radical (unpaired) electrons. The average Bonchev–Trinajstić information content (AvgIpc) is 3.07. The van der Waals surface area contributed by atoms with E-state index in [1.54, 1.807) is 11.0 Å². The van der Waals surface area contributed by atoms with Gasteiger partial charge in [-0.25, -0.2) is 4.98 Å². The van der Waals surface area contributed by atoms with E-state index in [2.05, 4.69) is 20.7 Å². The van der Waals surface area contributed by atoms with Crippen molar-refractivity contribution in [2.45, 2.75) is 50.7 Å². The average molecular weight is 249 g/mol. The fourth-order valence-corrected chi connectivity index (χ4v) is 3.49. The van der Waals surface area contributed by atoms with E-state index < -0.39 is 0 Å². The van der Waals surface area contributed by atoms with E-state index in [-0.39, 0.29) is 0 Å². The van der Waals surface area contributed by atoms with Gasteiger partial charge in [0.25, 0.3) is 0 Å². The summed E-state index contributed by atoms with van der Waals surface area (Å²) in [7, 11) is 1.91. The highest BCUT2D eigenvalue weighted by molar-refractivity contribution is 4.94. The Morgan fingerprint density at radius 1 is 1.39 bits per heavy atom. The maximum absolute atomic E-state index is 4.32. The zero-order valence-corrected chi connectivity index (χ0v) is 11.1. The SMILES string of the molecule is Cn1cnc(CNC2CCCC2C2CCCN2)n1. The van der Waals surface area contributed by atoms with Crippen LogP contribution in [-0.4, -0.2) is 33.4 Å². The molecule has 18 heavy (non-hydrogen) atoms. The van der Waals surface area contributed by atoms with Crippen molar-refractivity contribution in [1.82, 2.24) is 25.4 Å². The summed E-state index contributed by atoms with van der Waals surface area (Å²) in [5.74, 6) is 1.71. The van der Waals surface area contributed by atoms with Crippen LogP contribution in [0.2, 0.25) is 0 Å². The summed E-state index contributed by atoms with van der Waals surface area (Å²) in [6, 6.07) is 1.38. The molecular weight excluding hydrogens is 226 g/mol. The van der Waals surface area contributed by atoms with E-state index in [0.717, 1.165) is 24.3 Å². The second-order valence-electron chi connectivity index (χ2n) is 5.62. The Labute approximate surface area is 108 Å². The first-order chi connectivity index (χ1) is 8.83. The molecule has 1 saturated carbocycles. The summed E-state index contributed by atoms with van der Waals surface area (Å²) < 4.78 is 1.77. The molecule has 2 fully saturated rings. The number of hydrogen-bond donors (Lipinski definition) is 2. The van der Waals surface area contributed by atoms with E-state index in [0.29, 0.717) is 6.04 Å². The van der Waals surface area contributed by atoms with Gasteiger partial charge in [0.05, 0.1) is 6.54 Å². The van der Waals surface area contributed by atoms with Crippen molar-refractivity contribution < 1.29 is 0 Å². The van der Waals surface area contributed by atoms with Crippen molar-refractivity contribution in [2.75, 3.05) is 6.54 Å². The van der Waals surface area contributed by atoms with Crippen molar-refractivity contribution in [2.24, 2.45) is 13.0 Å². The van der Waals surface area contributed by atoms with Gasteiger partial charge in [0.1, 0.15) is 6.33 Å². The van der Waals surface area contributed by atoms with E-state index >= 15 is 0 Å².